The molecular weight excluding hydrogens is 375 g/mol. The summed E-state index contributed by atoms with van der Waals surface area (Å²) in [6.07, 6.45) is 3.89. The maximum Gasteiger partial charge on any atom is 0.190 e. The number of aliphatic hydroxyl groups excluding tert-OH is 2. The van der Waals surface area contributed by atoms with E-state index in [1.165, 1.54) is 12.2 Å². The van der Waals surface area contributed by atoms with Crippen molar-refractivity contribution in [2.24, 2.45) is 34.5 Å². The topological polar surface area (TPSA) is 94.8 Å². The van der Waals surface area contributed by atoms with E-state index < -0.39 is 52.4 Å². The van der Waals surface area contributed by atoms with Gasteiger partial charge in [-0.1, -0.05) is 32.4 Å². The number of aliphatic hydroxyl groups is 3. The fourth-order valence-electron chi connectivity index (χ4n) is 7.65. The molecule has 0 spiro atoms. The molecule has 4 aliphatic rings. The third-order valence-corrected chi connectivity index (χ3v) is 9.12. The molecule has 0 aromatic carbocycles. The highest BCUT2D eigenvalue weighted by Gasteiger charge is 2.76. The molecule has 0 heterocycles. The van der Waals surface area contributed by atoms with Crippen molar-refractivity contribution in [3.8, 4) is 0 Å². The van der Waals surface area contributed by atoms with E-state index in [9.17, 15) is 24.9 Å². The van der Waals surface area contributed by atoms with Crippen LogP contribution < -0.4 is 0 Å². The monoisotopic (exact) mass is 406 g/mol. The number of Topliss-reactive ketones (excluding diaryl/α,β-unsaturated/α-hetero) is 1. The largest absolute Gasteiger partial charge is 0.390 e. The molecule has 0 unspecified atom stereocenters. The second-order valence-electron chi connectivity index (χ2n) is 10.3. The summed E-state index contributed by atoms with van der Waals surface area (Å²) in [4.78, 5) is 24.6. The first-order chi connectivity index (χ1) is 13.4. The average Bonchev–Trinajstić information content (AvgIpc) is 2.86. The molecule has 0 aliphatic heterocycles. The highest BCUT2D eigenvalue weighted by molar-refractivity contribution is 6.01. The number of hydrogen-bond donors (Lipinski definition) is 3. The molecule has 3 N–H and O–H groups in total. The van der Waals surface area contributed by atoms with Gasteiger partial charge in [-0.15, -0.1) is 0 Å². The SMILES string of the molecule is C[C@H]1C[C@H]2[C@@H]3C[C@H](C)[C@](O)(C(=O)CO)[C@@]3(C)C[C@H](O)[C@]2(F)[C@@]2(C)C=CC(=O)C=C12. The number of alkyl halides is 1. The van der Waals surface area contributed by atoms with Crippen molar-refractivity contribution in [1.82, 2.24) is 0 Å². The van der Waals surface area contributed by atoms with E-state index in [1.54, 1.807) is 26.8 Å². The number of rotatable bonds is 2. The lowest BCUT2D eigenvalue weighted by molar-refractivity contribution is -0.223. The predicted octanol–water partition coefficient (Wildman–Crippen LogP) is 2.14. The molecule has 0 aromatic heterocycles. The first-order valence-corrected chi connectivity index (χ1v) is 10.6. The highest BCUT2D eigenvalue weighted by Crippen LogP contribution is 2.71. The van der Waals surface area contributed by atoms with Crippen LogP contribution in [0.4, 0.5) is 4.39 Å². The standard InChI is InChI=1S/C23H31FO5/c1-12-7-17-16-8-13(2)23(29,19(28)11-25)21(16,4)10-18(27)22(17,24)20(3)6-5-14(26)9-15(12)20/h5-6,9,12-13,16-18,25,27,29H,7-8,10-11H2,1-4H3/t12-,13-,16-,17-,18-,20-,21-,22-,23-/m0/s1. The van der Waals surface area contributed by atoms with Crippen LogP contribution in [0.3, 0.4) is 0 Å². The second kappa shape index (κ2) is 6.08. The van der Waals surface area contributed by atoms with E-state index in [-0.39, 0.29) is 24.0 Å². The van der Waals surface area contributed by atoms with Crippen molar-refractivity contribution in [3.63, 3.8) is 0 Å². The number of hydrogen-bond acceptors (Lipinski definition) is 5. The minimum absolute atomic E-state index is 0.0603. The van der Waals surface area contributed by atoms with Crippen LogP contribution in [0.15, 0.2) is 23.8 Å². The zero-order valence-corrected chi connectivity index (χ0v) is 17.5. The van der Waals surface area contributed by atoms with Crippen LogP contribution in [0.1, 0.15) is 47.0 Å². The third-order valence-electron chi connectivity index (χ3n) is 9.12. The Kier molecular flexibility index (Phi) is 4.38. The van der Waals surface area contributed by atoms with Crippen LogP contribution in [0.25, 0.3) is 0 Å². The van der Waals surface area contributed by atoms with Gasteiger partial charge in [-0.2, -0.15) is 0 Å². The van der Waals surface area contributed by atoms with E-state index >= 15 is 4.39 Å². The first kappa shape index (κ1) is 20.9. The molecule has 4 rings (SSSR count). The molecule has 5 nitrogen and oxygen atoms in total. The van der Waals surface area contributed by atoms with Gasteiger partial charge in [0.15, 0.2) is 17.2 Å². The number of carbonyl (C=O) groups is 2. The van der Waals surface area contributed by atoms with E-state index in [0.29, 0.717) is 18.4 Å². The number of halogens is 1. The smallest absolute Gasteiger partial charge is 0.190 e. The molecule has 3 saturated carbocycles. The van der Waals surface area contributed by atoms with Crippen LogP contribution >= 0.6 is 0 Å². The Bertz CT molecular complexity index is 835. The third kappa shape index (κ3) is 2.20. The lowest BCUT2D eigenvalue weighted by atomic mass is 9.43. The van der Waals surface area contributed by atoms with Crippen molar-refractivity contribution in [1.29, 1.82) is 0 Å². The minimum atomic E-state index is -2.00. The van der Waals surface area contributed by atoms with Crippen LogP contribution in [0, 0.1) is 34.5 Å². The average molecular weight is 406 g/mol. The van der Waals surface area contributed by atoms with E-state index in [4.69, 9.17) is 0 Å². The summed E-state index contributed by atoms with van der Waals surface area (Å²) >= 11 is 0. The summed E-state index contributed by atoms with van der Waals surface area (Å²) in [7, 11) is 0. The molecular formula is C23H31FO5. The predicted molar refractivity (Wildman–Crippen MR) is 104 cm³/mol. The fraction of sp³-hybridized carbons (Fsp3) is 0.739. The van der Waals surface area contributed by atoms with Gasteiger partial charge in [-0.05, 0) is 56.1 Å². The lowest BCUT2D eigenvalue weighted by Gasteiger charge is -2.63. The van der Waals surface area contributed by atoms with Crippen molar-refractivity contribution >= 4 is 11.6 Å². The molecule has 9 atom stereocenters. The molecule has 3 fully saturated rings. The summed E-state index contributed by atoms with van der Waals surface area (Å²) < 4.78 is 17.0. The van der Waals surface area contributed by atoms with Crippen LogP contribution in [-0.2, 0) is 9.59 Å². The second-order valence-corrected chi connectivity index (χ2v) is 10.3. The van der Waals surface area contributed by atoms with Gasteiger partial charge in [0.2, 0.25) is 0 Å². The summed E-state index contributed by atoms with van der Waals surface area (Å²) in [5, 5.41) is 32.2. The van der Waals surface area contributed by atoms with Gasteiger partial charge in [0.05, 0.1) is 6.10 Å². The summed E-state index contributed by atoms with van der Waals surface area (Å²) in [6, 6.07) is 0. The fourth-order valence-corrected chi connectivity index (χ4v) is 7.65. The maximum atomic E-state index is 17.0. The Hall–Kier alpha value is -1.37. The molecule has 0 saturated heterocycles. The molecule has 29 heavy (non-hydrogen) atoms. The molecule has 160 valence electrons. The zero-order valence-electron chi connectivity index (χ0n) is 17.5. The highest BCUT2D eigenvalue weighted by atomic mass is 19.1. The van der Waals surface area contributed by atoms with Gasteiger partial charge >= 0.3 is 0 Å². The Morgan fingerprint density at radius 3 is 2.52 bits per heavy atom. The number of ketones is 2. The number of carbonyl (C=O) groups excluding carboxylic acids is 2. The van der Waals surface area contributed by atoms with Crippen LogP contribution in [0.2, 0.25) is 0 Å². The summed E-state index contributed by atoms with van der Waals surface area (Å²) in [5.74, 6) is -2.23. The summed E-state index contributed by atoms with van der Waals surface area (Å²) in [6.45, 7) is 6.46. The van der Waals surface area contributed by atoms with Gasteiger partial charge in [0, 0.05) is 16.7 Å². The van der Waals surface area contributed by atoms with E-state index in [0.717, 1.165) is 0 Å². The van der Waals surface area contributed by atoms with E-state index in [1.807, 2.05) is 6.92 Å². The molecule has 0 aromatic rings. The van der Waals surface area contributed by atoms with Crippen molar-refractivity contribution in [2.45, 2.75) is 64.3 Å². The molecule has 4 aliphatic carbocycles. The van der Waals surface area contributed by atoms with Crippen molar-refractivity contribution < 1.29 is 29.3 Å². The lowest BCUT2D eigenvalue weighted by Crippen LogP contribution is -2.70. The van der Waals surface area contributed by atoms with Gasteiger partial charge in [-0.3, -0.25) is 9.59 Å². The van der Waals surface area contributed by atoms with Crippen LogP contribution in [-0.4, -0.2) is 50.9 Å². The number of fused-ring (bicyclic) bond motifs is 5. The van der Waals surface area contributed by atoms with Crippen LogP contribution in [0.5, 0.6) is 0 Å². The Labute approximate surface area is 170 Å². The van der Waals surface area contributed by atoms with Gasteiger partial charge in [-0.25, -0.2) is 4.39 Å². The minimum Gasteiger partial charge on any atom is -0.390 e. The van der Waals surface area contributed by atoms with Crippen molar-refractivity contribution in [3.05, 3.63) is 23.8 Å². The quantitative estimate of drug-likeness (QED) is 0.653. The molecule has 6 heteroatoms. The molecule has 0 amide bonds. The Balaban J connectivity index is 1.87. The first-order valence-electron chi connectivity index (χ1n) is 10.6. The summed E-state index contributed by atoms with van der Waals surface area (Å²) in [5.41, 5.74) is -5.24. The number of allylic oxidation sites excluding steroid dienone is 4. The Morgan fingerprint density at radius 1 is 1.24 bits per heavy atom. The molecule has 0 bridgehead atoms. The van der Waals surface area contributed by atoms with E-state index in [2.05, 4.69) is 0 Å². The normalized spacial score (nSPS) is 53.7. The van der Waals surface area contributed by atoms with Gasteiger partial charge < -0.3 is 15.3 Å². The molecule has 0 radical (unpaired) electrons. The van der Waals surface area contributed by atoms with Gasteiger partial charge in [0.1, 0.15) is 12.2 Å². The van der Waals surface area contributed by atoms with Gasteiger partial charge in [0.25, 0.3) is 0 Å². The Morgan fingerprint density at radius 2 is 1.90 bits per heavy atom. The maximum absolute atomic E-state index is 17.0. The zero-order chi connectivity index (χ0) is 21.6. The van der Waals surface area contributed by atoms with Crippen molar-refractivity contribution in [2.75, 3.05) is 6.61 Å².